The quantitative estimate of drug-likeness (QED) is 0.693. The van der Waals surface area contributed by atoms with Gasteiger partial charge in [0.25, 0.3) is 0 Å². The Morgan fingerprint density at radius 1 is 1.42 bits per heavy atom. The van der Waals surface area contributed by atoms with Gasteiger partial charge in [-0.15, -0.1) is 0 Å². The second-order valence-electron chi connectivity index (χ2n) is 4.91. The van der Waals surface area contributed by atoms with Gasteiger partial charge in [-0.1, -0.05) is 0 Å². The number of rotatable bonds is 5. The smallest absolute Gasteiger partial charge is 0.241 e. The Morgan fingerprint density at radius 3 is 2.47 bits per heavy atom. The van der Waals surface area contributed by atoms with Gasteiger partial charge in [0.1, 0.15) is 5.75 Å². The van der Waals surface area contributed by atoms with Crippen LogP contribution in [0.15, 0.2) is 23.1 Å². The van der Waals surface area contributed by atoms with Gasteiger partial charge in [-0.05, 0) is 32.9 Å². The highest BCUT2D eigenvalue weighted by Gasteiger charge is 2.30. The Morgan fingerprint density at radius 2 is 2.00 bits per heavy atom. The molecule has 0 fully saturated rings. The van der Waals surface area contributed by atoms with Crippen LogP contribution in [0, 0.1) is 0 Å². The number of ether oxygens (including phenoxy) is 1. The number of anilines is 1. The lowest BCUT2D eigenvalue weighted by molar-refractivity contribution is 0.111. The molecule has 4 N–H and O–H groups in total. The number of hydrogen-bond acceptors (Lipinski definition) is 5. The lowest BCUT2D eigenvalue weighted by Gasteiger charge is -2.29. The first kappa shape index (κ1) is 15.7. The summed E-state index contributed by atoms with van der Waals surface area (Å²) in [4.78, 5) is 0.0345. The van der Waals surface area contributed by atoms with E-state index in [9.17, 15) is 13.5 Å². The Balaban J connectivity index is 3.15. The predicted molar refractivity (Wildman–Crippen MR) is 73.5 cm³/mol. The van der Waals surface area contributed by atoms with Crippen LogP contribution in [0.1, 0.15) is 20.8 Å². The molecule has 1 aromatic carbocycles. The molecule has 1 rings (SSSR count). The maximum absolute atomic E-state index is 12.2. The minimum Gasteiger partial charge on any atom is -0.495 e. The first-order valence-corrected chi connectivity index (χ1v) is 7.24. The topological polar surface area (TPSA) is 102 Å². The van der Waals surface area contributed by atoms with E-state index < -0.39 is 21.7 Å². The van der Waals surface area contributed by atoms with E-state index in [1.807, 2.05) is 0 Å². The van der Waals surface area contributed by atoms with Crippen molar-refractivity contribution in [2.24, 2.45) is 0 Å². The number of aliphatic hydroxyl groups is 1. The Labute approximate surface area is 113 Å². The Hall–Kier alpha value is -1.31. The second kappa shape index (κ2) is 5.36. The lowest BCUT2D eigenvalue weighted by Crippen LogP contribution is -2.50. The summed E-state index contributed by atoms with van der Waals surface area (Å²) in [6, 6.07) is 4.19. The van der Waals surface area contributed by atoms with Crippen LogP contribution in [0.25, 0.3) is 0 Å². The van der Waals surface area contributed by atoms with E-state index in [1.54, 1.807) is 13.8 Å². The lowest BCUT2D eigenvalue weighted by atomic mass is 10.0. The van der Waals surface area contributed by atoms with Gasteiger partial charge in [-0.25, -0.2) is 13.1 Å². The SMILES string of the molecule is COc1cc(S(=O)(=O)NC(C)(C)C(C)O)ccc1N. The van der Waals surface area contributed by atoms with Crippen molar-refractivity contribution in [1.82, 2.24) is 4.72 Å². The zero-order valence-corrected chi connectivity index (χ0v) is 12.3. The fourth-order valence-corrected chi connectivity index (χ4v) is 2.84. The van der Waals surface area contributed by atoms with Crippen molar-refractivity contribution >= 4 is 15.7 Å². The highest BCUT2D eigenvalue weighted by Crippen LogP contribution is 2.25. The molecule has 0 heterocycles. The number of sulfonamides is 1. The maximum atomic E-state index is 12.2. The summed E-state index contributed by atoms with van der Waals surface area (Å²) in [6.45, 7) is 4.72. The summed E-state index contributed by atoms with van der Waals surface area (Å²) in [6.07, 6.45) is -0.835. The van der Waals surface area contributed by atoms with Crippen LogP contribution < -0.4 is 15.2 Å². The molecule has 0 bridgehead atoms. The van der Waals surface area contributed by atoms with E-state index in [0.717, 1.165) is 0 Å². The average molecular weight is 288 g/mol. The number of hydrogen-bond donors (Lipinski definition) is 3. The van der Waals surface area contributed by atoms with Gasteiger partial charge in [-0.3, -0.25) is 0 Å². The van der Waals surface area contributed by atoms with Crippen molar-refractivity contribution in [3.05, 3.63) is 18.2 Å². The zero-order valence-electron chi connectivity index (χ0n) is 11.5. The third-order valence-corrected chi connectivity index (χ3v) is 4.63. The van der Waals surface area contributed by atoms with Crippen LogP contribution >= 0.6 is 0 Å². The molecule has 19 heavy (non-hydrogen) atoms. The first-order valence-electron chi connectivity index (χ1n) is 5.75. The highest BCUT2D eigenvalue weighted by atomic mass is 32.2. The van der Waals surface area contributed by atoms with Crippen molar-refractivity contribution in [2.45, 2.75) is 37.3 Å². The standard InChI is InChI=1S/C12H20N2O4S/c1-8(15)12(2,3)14-19(16,17)9-5-6-10(13)11(7-9)18-4/h5-8,14-15H,13H2,1-4H3. The molecule has 0 saturated carbocycles. The minimum absolute atomic E-state index is 0.0345. The largest absolute Gasteiger partial charge is 0.495 e. The molecule has 6 nitrogen and oxygen atoms in total. The van der Waals surface area contributed by atoms with Gasteiger partial charge in [0.2, 0.25) is 10.0 Å². The molecule has 7 heteroatoms. The van der Waals surface area contributed by atoms with Gasteiger partial charge in [0, 0.05) is 6.07 Å². The molecule has 1 atom stereocenters. The van der Waals surface area contributed by atoms with E-state index in [1.165, 1.54) is 32.2 Å². The summed E-state index contributed by atoms with van der Waals surface area (Å²) in [5.41, 5.74) is 5.02. The molecule has 1 unspecified atom stereocenters. The average Bonchev–Trinajstić information content (AvgIpc) is 2.27. The van der Waals surface area contributed by atoms with Crippen molar-refractivity contribution < 1.29 is 18.3 Å². The van der Waals surface area contributed by atoms with Crippen molar-refractivity contribution in [2.75, 3.05) is 12.8 Å². The maximum Gasteiger partial charge on any atom is 0.241 e. The first-order chi connectivity index (χ1) is 8.60. The zero-order chi connectivity index (χ0) is 14.8. The van der Waals surface area contributed by atoms with Crippen LogP contribution in [0.5, 0.6) is 5.75 Å². The molecule has 0 spiro atoms. The molecule has 0 saturated heterocycles. The molecule has 0 aliphatic rings. The van der Waals surface area contributed by atoms with Crippen LogP contribution in [0.2, 0.25) is 0 Å². The van der Waals surface area contributed by atoms with Gasteiger partial charge in [-0.2, -0.15) is 0 Å². The molecule has 0 radical (unpaired) electrons. The summed E-state index contributed by atoms with van der Waals surface area (Å²) in [5.74, 6) is 0.290. The molecule has 0 amide bonds. The van der Waals surface area contributed by atoms with Crippen LogP contribution in [-0.2, 0) is 10.0 Å². The van der Waals surface area contributed by atoms with Crippen LogP contribution in [0.3, 0.4) is 0 Å². The molecule has 0 aromatic heterocycles. The molecule has 0 aliphatic heterocycles. The van der Waals surface area contributed by atoms with E-state index in [4.69, 9.17) is 10.5 Å². The van der Waals surface area contributed by atoms with Gasteiger partial charge < -0.3 is 15.6 Å². The third-order valence-electron chi connectivity index (χ3n) is 2.96. The normalized spacial score (nSPS) is 14.2. The molecule has 108 valence electrons. The molecular weight excluding hydrogens is 268 g/mol. The third kappa shape index (κ3) is 3.59. The molecule has 1 aromatic rings. The molecule has 0 aliphatic carbocycles. The van der Waals surface area contributed by atoms with E-state index in [0.29, 0.717) is 5.69 Å². The van der Waals surface area contributed by atoms with Crippen molar-refractivity contribution in [3.8, 4) is 5.75 Å². The van der Waals surface area contributed by atoms with E-state index in [-0.39, 0.29) is 10.6 Å². The summed E-state index contributed by atoms with van der Waals surface area (Å²) in [7, 11) is -2.35. The minimum atomic E-state index is -3.76. The second-order valence-corrected chi connectivity index (χ2v) is 6.59. The monoisotopic (exact) mass is 288 g/mol. The Kier molecular flexibility index (Phi) is 4.44. The van der Waals surface area contributed by atoms with Crippen molar-refractivity contribution in [1.29, 1.82) is 0 Å². The number of nitrogens with two attached hydrogens (primary N) is 1. The highest BCUT2D eigenvalue weighted by molar-refractivity contribution is 7.89. The summed E-state index contributed by atoms with van der Waals surface area (Å²) < 4.78 is 31.9. The van der Waals surface area contributed by atoms with Gasteiger partial charge in [0.15, 0.2) is 0 Å². The summed E-state index contributed by atoms with van der Waals surface area (Å²) in [5, 5.41) is 9.56. The number of nitrogens with one attached hydrogen (secondary N) is 1. The van der Waals surface area contributed by atoms with Gasteiger partial charge >= 0.3 is 0 Å². The van der Waals surface area contributed by atoms with Crippen LogP contribution in [-0.4, -0.2) is 32.3 Å². The number of nitrogen functional groups attached to an aromatic ring is 1. The van der Waals surface area contributed by atoms with E-state index >= 15 is 0 Å². The predicted octanol–water partition coefficient (Wildman–Crippen LogP) is 0.715. The number of aliphatic hydroxyl groups excluding tert-OH is 1. The Bertz CT molecular complexity index is 553. The fourth-order valence-electron chi connectivity index (χ4n) is 1.35. The van der Waals surface area contributed by atoms with Crippen molar-refractivity contribution in [3.63, 3.8) is 0 Å². The fraction of sp³-hybridized carbons (Fsp3) is 0.500. The van der Waals surface area contributed by atoms with Gasteiger partial charge in [0.05, 0.1) is 29.3 Å². The number of benzene rings is 1. The number of methoxy groups -OCH3 is 1. The van der Waals surface area contributed by atoms with Crippen LogP contribution in [0.4, 0.5) is 5.69 Å². The van der Waals surface area contributed by atoms with E-state index in [2.05, 4.69) is 4.72 Å². The summed E-state index contributed by atoms with van der Waals surface area (Å²) >= 11 is 0. The molecular formula is C12H20N2O4S.